The van der Waals surface area contributed by atoms with Crippen molar-refractivity contribution in [2.24, 2.45) is 5.92 Å². The maximum Gasteiger partial charge on any atom is 0.0642 e. The molecule has 0 saturated carbocycles. The quantitative estimate of drug-likeness (QED) is 0.901. The van der Waals surface area contributed by atoms with E-state index < -0.39 is 0 Å². The Hall–Kier alpha value is -0.770. The standard InChI is InChI=1S/C17H28ClN3/c1-13(2)10-19-11-15-5-6-17(16(18)9-15)21-8-7-20(4)12-14(21)3/h5-6,9,13-14,19H,7-8,10-12H2,1-4H3. The van der Waals surface area contributed by atoms with Gasteiger partial charge in [-0.15, -0.1) is 0 Å². The lowest BCUT2D eigenvalue weighted by Gasteiger charge is -2.40. The normalized spacial score (nSPS) is 20.3. The molecule has 1 saturated heterocycles. The molecule has 1 heterocycles. The Morgan fingerprint density at radius 1 is 1.33 bits per heavy atom. The monoisotopic (exact) mass is 309 g/mol. The largest absolute Gasteiger partial charge is 0.365 e. The summed E-state index contributed by atoms with van der Waals surface area (Å²) in [6.45, 7) is 11.9. The molecule has 4 heteroatoms. The van der Waals surface area contributed by atoms with Crippen LogP contribution in [0.4, 0.5) is 5.69 Å². The van der Waals surface area contributed by atoms with Gasteiger partial charge in [-0.25, -0.2) is 0 Å². The van der Waals surface area contributed by atoms with Gasteiger partial charge in [0.25, 0.3) is 0 Å². The van der Waals surface area contributed by atoms with Gasteiger partial charge in [0.15, 0.2) is 0 Å². The van der Waals surface area contributed by atoms with Gasteiger partial charge in [0, 0.05) is 32.2 Å². The average molecular weight is 310 g/mol. The van der Waals surface area contributed by atoms with E-state index >= 15 is 0 Å². The van der Waals surface area contributed by atoms with E-state index in [1.54, 1.807) is 0 Å². The maximum atomic E-state index is 6.52. The van der Waals surface area contributed by atoms with Crippen molar-refractivity contribution >= 4 is 17.3 Å². The molecule has 1 aromatic rings. The molecule has 1 aliphatic heterocycles. The van der Waals surface area contributed by atoms with E-state index in [1.165, 1.54) is 11.3 Å². The fourth-order valence-electron chi connectivity index (χ4n) is 2.90. The lowest BCUT2D eigenvalue weighted by molar-refractivity contribution is 0.275. The van der Waals surface area contributed by atoms with Crippen LogP contribution in [0.25, 0.3) is 0 Å². The first kappa shape index (κ1) is 16.6. The predicted octanol–water partition coefficient (Wildman–Crippen LogP) is 3.23. The molecule has 1 aliphatic rings. The van der Waals surface area contributed by atoms with E-state index in [4.69, 9.17) is 11.6 Å². The minimum atomic E-state index is 0.506. The highest BCUT2D eigenvalue weighted by Gasteiger charge is 2.23. The summed E-state index contributed by atoms with van der Waals surface area (Å²) >= 11 is 6.52. The van der Waals surface area contributed by atoms with E-state index in [0.717, 1.165) is 37.7 Å². The summed E-state index contributed by atoms with van der Waals surface area (Å²) < 4.78 is 0. The first-order valence-corrected chi connectivity index (χ1v) is 8.29. The van der Waals surface area contributed by atoms with Gasteiger partial charge < -0.3 is 15.1 Å². The van der Waals surface area contributed by atoms with Gasteiger partial charge in [-0.05, 0) is 44.1 Å². The molecule has 0 aromatic heterocycles. The second-order valence-electron chi connectivity index (χ2n) is 6.62. The first-order valence-electron chi connectivity index (χ1n) is 7.91. The molecular weight excluding hydrogens is 282 g/mol. The zero-order valence-electron chi connectivity index (χ0n) is 13.7. The van der Waals surface area contributed by atoms with Crippen molar-refractivity contribution in [3.8, 4) is 0 Å². The van der Waals surface area contributed by atoms with Crippen molar-refractivity contribution in [2.45, 2.75) is 33.4 Å². The number of nitrogens with one attached hydrogen (secondary N) is 1. The number of benzene rings is 1. The maximum absolute atomic E-state index is 6.52. The van der Waals surface area contributed by atoms with Gasteiger partial charge >= 0.3 is 0 Å². The lowest BCUT2D eigenvalue weighted by Crippen LogP contribution is -2.50. The summed E-state index contributed by atoms with van der Waals surface area (Å²) in [7, 11) is 2.18. The molecule has 21 heavy (non-hydrogen) atoms. The van der Waals surface area contributed by atoms with E-state index in [2.05, 4.69) is 61.1 Å². The van der Waals surface area contributed by atoms with E-state index in [-0.39, 0.29) is 0 Å². The number of halogens is 1. The molecule has 3 nitrogen and oxygen atoms in total. The second kappa shape index (κ2) is 7.48. The summed E-state index contributed by atoms with van der Waals surface area (Å²) in [5.41, 5.74) is 2.43. The molecule has 0 radical (unpaired) electrons. The molecule has 0 amide bonds. The minimum Gasteiger partial charge on any atom is -0.365 e. The van der Waals surface area contributed by atoms with Crippen LogP contribution in [0.15, 0.2) is 18.2 Å². The van der Waals surface area contributed by atoms with Crippen LogP contribution in [0, 0.1) is 5.92 Å². The van der Waals surface area contributed by atoms with Crippen molar-refractivity contribution in [2.75, 3.05) is 38.1 Å². The highest BCUT2D eigenvalue weighted by Crippen LogP contribution is 2.29. The Morgan fingerprint density at radius 2 is 2.10 bits per heavy atom. The van der Waals surface area contributed by atoms with Gasteiger partial charge in [0.05, 0.1) is 10.7 Å². The van der Waals surface area contributed by atoms with E-state index in [0.29, 0.717) is 12.0 Å². The number of nitrogens with zero attached hydrogens (tertiary/aromatic N) is 2. The fourth-order valence-corrected chi connectivity index (χ4v) is 3.21. The van der Waals surface area contributed by atoms with E-state index in [1.807, 2.05) is 0 Å². The van der Waals surface area contributed by atoms with Gasteiger partial charge in [-0.2, -0.15) is 0 Å². The Labute approximate surface area is 134 Å². The second-order valence-corrected chi connectivity index (χ2v) is 7.02. The van der Waals surface area contributed by atoms with Gasteiger partial charge in [0.2, 0.25) is 0 Å². The van der Waals surface area contributed by atoms with Gasteiger partial charge in [-0.1, -0.05) is 31.5 Å². The third-order valence-corrected chi connectivity index (χ3v) is 4.34. The van der Waals surface area contributed by atoms with Crippen LogP contribution >= 0.6 is 11.6 Å². The number of piperazine rings is 1. The highest BCUT2D eigenvalue weighted by molar-refractivity contribution is 6.33. The Kier molecular flexibility index (Phi) is 5.91. The smallest absolute Gasteiger partial charge is 0.0642 e. The van der Waals surface area contributed by atoms with Crippen molar-refractivity contribution < 1.29 is 0 Å². The lowest BCUT2D eigenvalue weighted by atomic mass is 10.1. The summed E-state index contributed by atoms with van der Waals surface area (Å²) in [6, 6.07) is 6.98. The van der Waals surface area contributed by atoms with Crippen molar-refractivity contribution in [3.63, 3.8) is 0 Å². The molecule has 1 atom stereocenters. The number of anilines is 1. The molecule has 1 N–H and O–H groups in total. The fraction of sp³-hybridized carbons (Fsp3) is 0.647. The number of hydrogen-bond donors (Lipinski definition) is 1. The van der Waals surface area contributed by atoms with Crippen LogP contribution in [0.5, 0.6) is 0 Å². The zero-order chi connectivity index (χ0) is 15.4. The third kappa shape index (κ3) is 4.60. The van der Waals surface area contributed by atoms with Crippen molar-refractivity contribution in [1.29, 1.82) is 0 Å². The SMILES string of the molecule is CC(C)CNCc1ccc(N2CCN(C)CC2C)c(Cl)c1. The summed E-state index contributed by atoms with van der Waals surface area (Å²) in [5.74, 6) is 0.672. The topological polar surface area (TPSA) is 18.5 Å². The molecule has 1 unspecified atom stereocenters. The van der Waals surface area contributed by atoms with Crippen LogP contribution in [0.2, 0.25) is 5.02 Å². The molecular formula is C17H28ClN3. The van der Waals surface area contributed by atoms with Crippen LogP contribution in [-0.4, -0.2) is 44.2 Å². The molecule has 118 valence electrons. The van der Waals surface area contributed by atoms with Crippen molar-refractivity contribution in [3.05, 3.63) is 28.8 Å². The molecule has 0 bridgehead atoms. The Morgan fingerprint density at radius 3 is 2.71 bits per heavy atom. The molecule has 1 aromatic carbocycles. The number of hydrogen-bond acceptors (Lipinski definition) is 3. The molecule has 0 spiro atoms. The number of likely N-dealkylation sites (N-methyl/N-ethyl adjacent to an activating group) is 1. The van der Waals surface area contributed by atoms with Gasteiger partial charge in [0.1, 0.15) is 0 Å². The van der Waals surface area contributed by atoms with Crippen LogP contribution in [0.3, 0.4) is 0 Å². The Bertz CT molecular complexity index is 461. The zero-order valence-corrected chi connectivity index (χ0v) is 14.5. The highest BCUT2D eigenvalue weighted by atomic mass is 35.5. The molecule has 2 rings (SSSR count). The molecule has 1 fully saturated rings. The van der Waals surface area contributed by atoms with Crippen LogP contribution in [-0.2, 0) is 6.54 Å². The van der Waals surface area contributed by atoms with Gasteiger partial charge in [-0.3, -0.25) is 0 Å². The summed E-state index contributed by atoms with van der Waals surface area (Å²) in [6.07, 6.45) is 0. The predicted molar refractivity (Wildman–Crippen MR) is 92.3 cm³/mol. The van der Waals surface area contributed by atoms with Crippen LogP contribution in [0.1, 0.15) is 26.3 Å². The Balaban J connectivity index is 2.02. The average Bonchev–Trinajstić information content (AvgIpc) is 2.39. The van der Waals surface area contributed by atoms with Crippen LogP contribution < -0.4 is 10.2 Å². The summed E-state index contributed by atoms with van der Waals surface area (Å²) in [5, 5.41) is 4.33. The first-order chi connectivity index (χ1) is 9.97. The van der Waals surface area contributed by atoms with E-state index in [9.17, 15) is 0 Å². The number of rotatable bonds is 5. The minimum absolute atomic E-state index is 0.506. The summed E-state index contributed by atoms with van der Waals surface area (Å²) in [4.78, 5) is 4.80. The molecule has 0 aliphatic carbocycles. The third-order valence-electron chi connectivity index (χ3n) is 4.03. The van der Waals surface area contributed by atoms with Crippen molar-refractivity contribution in [1.82, 2.24) is 10.2 Å².